The molecule has 0 fully saturated rings. The van der Waals surface area contributed by atoms with E-state index in [1.54, 1.807) is 6.20 Å². The van der Waals surface area contributed by atoms with Gasteiger partial charge in [0.25, 0.3) is 5.85 Å². The highest BCUT2D eigenvalue weighted by molar-refractivity contribution is 6.37. The summed E-state index contributed by atoms with van der Waals surface area (Å²) in [7, 11) is 0. The Morgan fingerprint density at radius 1 is 1.05 bits per heavy atom. The van der Waals surface area contributed by atoms with Crippen molar-refractivity contribution in [2.75, 3.05) is 0 Å². The number of hydroxylamine groups is 1. The molecule has 0 bridgehead atoms. The average molecular weight is 324 g/mol. The number of halogens is 2. The number of nitrogens with zero attached hydrogens (tertiary/aromatic N) is 1. The lowest BCUT2D eigenvalue weighted by molar-refractivity contribution is -0.0343. The molecule has 0 saturated heterocycles. The molecule has 3 rings (SSSR count). The van der Waals surface area contributed by atoms with Crippen molar-refractivity contribution in [2.24, 2.45) is 4.99 Å². The highest BCUT2D eigenvalue weighted by Crippen LogP contribution is 2.35. The number of aliphatic imine (C=N–C) groups is 1. The van der Waals surface area contributed by atoms with E-state index < -0.39 is 5.85 Å². The molecule has 2 aliphatic rings. The minimum Gasteiger partial charge on any atom is -0.340 e. The van der Waals surface area contributed by atoms with E-state index in [-0.39, 0.29) is 0 Å². The minimum atomic E-state index is -0.910. The lowest BCUT2D eigenvalue weighted by Crippen LogP contribution is -2.41. The maximum Gasteiger partial charge on any atom is 0.281 e. The molecule has 0 saturated carbocycles. The molecular weight excluding hydrogens is 309 g/mol. The fourth-order valence-electron chi connectivity index (χ4n) is 2.55. The van der Waals surface area contributed by atoms with Crippen LogP contribution in [0, 0.1) is 20.8 Å². The SMILES string of the molecule is Cc1c(Cl)c(C)c(C2=N[C@@]3(C=CC=CN3)ON2)c(C)c1Cl. The van der Waals surface area contributed by atoms with Crippen molar-refractivity contribution >= 4 is 29.0 Å². The molecule has 1 aromatic carbocycles. The number of hydrogen-bond donors (Lipinski definition) is 2. The first-order valence-electron chi connectivity index (χ1n) is 6.56. The van der Waals surface area contributed by atoms with E-state index >= 15 is 0 Å². The van der Waals surface area contributed by atoms with Crippen LogP contribution < -0.4 is 10.8 Å². The molecule has 2 heterocycles. The number of dihydropyridines is 1. The van der Waals surface area contributed by atoms with E-state index in [0.717, 1.165) is 22.3 Å². The summed E-state index contributed by atoms with van der Waals surface area (Å²) >= 11 is 12.7. The number of hydrogen-bond acceptors (Lipinski definition) is 4. The Bertz CT molecular complexity index is 680. The van der Waals surface area contributed by atoms with Crippen molar-refractivity contribution < 1.29 is 4.84 Å². The van der Waals surface area contributed by atoms with E-state index in [4.69, 9.17) is 28.0 Å². The maximum absolute atomic E-state index is 6.37. The van der Waals surface area contributed by atoms with Gasteiger partial charge in [0.15, 0.2) is 5.84 Å². The van der Waals surface area contributed by atoms with Crippen LogP contribution in [0.3, 0.4) is 0 Å². The molecule has 1 aromatic rings. The first-order valence-corrected chi connectivity index (χ1v) is 7.32. The van der Waals surface area contributed by atoms with E-state index in [0.29, 0.717) is 15.9 Å². The molecule has 0 amide bonds. The van der Waals surface area contributed by atoms with Crippen LogP contribution in [0.1, 0.15) is 22.3 Å². The third-order valence-electron chi connectivity index (χ3n) is 3.70. The molecule has 110 valence electrons. The first kappa shape index (κ1) is 14.4. The molecule has 0 aliphatic carbocycles. The van der Waals surface area contributed by atoms with Gasteiger partial charge in [-0.15, -0.1) is 0 Å². The summed E-state index contributed by atoms with van der Waals surface area (Å²) in [4.78, 5) is 10.2. The van der Waals surface area contributed by atoms with Crippen molar-refractivity contribution in [3.8, 4) is 0 Å². The van der Waals surface area contributed by atoms with Gasteiger partial charge in [-0.1, -0.05) is 29.3 Å². The van der Waals surface area contributed by atoms with Gasteiger partial charge in [-0.05, 0) is 49.6 Å². The van der Waals surface area contributed by atoms with E-state index in [1.165, 1.54) is 0 Å². The Hall–Kier alpha value is -1.49. The Balaban J connectivity index is 2.12. The fourth-order valence-corrected chi connectivity index (χ4v) is 2.98. The van der Waals surface area contributed by atoms with Crippen LogP contribution in [-0.4, -0.2) is 11.7 Å². The molecule has 2 aliphatic heterocycles. The molecule has 0 radical (unpaired) electrons. The van der Waals surface area contributed by atoms with Crippen molar-refractivity contribution in [3.63, 3.8) is 0 Å². The molecule has 0 unspecified atom stereocenters. The summed E-state index contributed by atoms with van der Waals surface area (Å²) in [6.45, 7) is 5.81. The van der Waals surface area contributed by atoms with Crippen LogP contribution in [0.15, 0.2) is 29.4 Å². The molecule has 2 N–H and O–H groups in total. The Kier molecular flexibility index (Phi) is 3.48. The lowest BCUT2D eigenvalue weighted by Gasteiger charge is -2.21. The van der Waals surface area contributed by atoms with Gasteiger partial charge in [0.2, 0.25) is 0 Å². The zero-order chi connectivity index (χ0) is 15.2. The third-order valence-corrected chi connectivity index (χ3v) is 4.84. The maximum atomic E-state index is 6.37. The normalized spacial score (nSPS) is 23.2. The molecule has 21 heavy (non-hydrogen) atoms. The zero-order valence-electron chi connectivity index (χ0n) is 11.9. The highest BCUT2D eigenvalue weighted by atomic mass is 35.5. The number of rotatable bonds is 1. The van der Waals surface area contributed by atoms with Crippen molar-refractivity contribution in [3.05, 3.63) is 56.7 Å². The molecule has 6 heteroatoms. The van der Waals surface area contributed by atoms with Gasteiger partial charge in [-0.2, -0.15) is 0 Å². The summed E-state index contributed by atoms with van der Waals surface area (Å²) in [5, 5.41) is 4.37. The Morgan fingerprint density at radius 3 is 2.29 bits per heavy atom. The van der Waals surface area contributed by atoms with Crippen LogP contribution in [0.4, 0.5) is 0 Å². The Labute approximate surface area is 133 Å². The molecule has 0 aromatic heterocycles. The van der Waals surface area contributed by atoms with Crippen LogP contribution in [0.2, 0.25) is 10.0 Å². The first-order chi connectivity index (χ1) is 9.95. The van der Waals surface area contributed by atoms with Gasteiger partial charge in [0.05, 0.1) is 0 Å². The van der Waals surface area contributed by atoms with Crippen molar-refractivity contribution in [1.82, 2.24) is 10.8 Å². The van der Waals surface area contributed by atoms with Gasteiger partial charge in [0, 0.05) is 21.8 Å². The molecule has 4 nitrogen and oxygen atoms in total. The summed E-state index contributed by atoms with van der Waals surface area (Å²) in [6, 6.07) is 0. The largest absolute Gasteiger partial charge is 0.340 e. The second kappa shape index (κ2) is 5.05. The van der Waals surface area contributed by atoms with Crippen LogP contribution in [0.25, 0.3) is 0 Å². The number of benzene rings is 1. The topological polar surface area (TPSA) is 45.7 Å². The van der Waals surface area contributed by atoms with Crippen LogP contribution in [-0.2, 0) is 4.84 Å². The fraction of sp³-hybridized carbons (Fsp3) is 0.267. The average Bonchev–Trinajstić information content (AvgIpc) is 2.87. The van der Waals surface area contributed by atoms with Gasteiger partial charge in [-0.25, -0.2) is 15.3 Å². The Morgan fingerprint density at radius 2 is 1.71 bits per heavy atom. The monoisotopic (exact) mass is 323 g/mol. The molecule has 1 atom stereocenters. The summed E-state index contributed by atoms with van der Waals surface area (Å²) in [6.07, 6.45) is 7.36. The van der Waals surface area contributed by atoms with Crippen molar-refractivity contribution in [1.29, 1.82) is 0 Å². The van der Waals surface area contributed by atoms with Gasteiger partial charge < -0.3 is 5.32 Å². The smallest absolute Gasteiger partial charge is 0.281 e. The predicted octanol–water partition coefficient (Wildman–Crippen LogP) is 3.53. The second-order valence-electron chi connectivity index (χ2n) is 5.10. The predicted molar refractivity (Wildman–Crippen MR) is 85.6 cm³/mol. The van der Waals surface area contributed by atoms with Gasteiger partial charge in [-0.3, -0.25) is 0 Å². The third kappa shape index (κ3) is 2.24. The number of nitrogens with one attached hydrogen (secondary N) is 2. The van der Waals surface area contributed by atoms with E-state index in [1.807, 2.05) is 39.0 Å². The summed E-state index contributed by atoms with van der Waals surface area (Å²) < 4.78 is 0. The summed E-state index contributed by atoms with van der Waals surface area (Å²) in [5.74, 6) is -0.298. The second-order valence-corrected chi connectivity index (χ2v) is 5.86. The van der Waals surface area contributed by atoms with Gasteiger partial charge >= 0.3 is 0 Å². The summed E-state index contributed by atoms with van der Waals surface area (Å²) in [5.41, 5.74) is 6.48. The molecular formula is C15H15Cl2N3O. The van der Waals surface area contributed by atoms with Crippen molar-refractivity contribution in [2.45, 2.75) is 26.6 Å². The van der Waals surface area contributed by atoms with Crippen LogP contribution in [0.5, 0.6) is 0 Å². The van der Waals surface area contributed by atoms with E-state index in [9.17, 15) is 0 Å². The number of allylic oxidation sites excluding steroid dienone is 2. The van der Waals surface area contributed by atoms with E-state index in [2.05, 4.69) is 15.8 Å². The van der Waals surface area contributed by atoms with Gasteiger partial charge in [0.1, 0.15) is 0 Å². The zero-order valence-corrected chi connectivity index (χ0v) is 13.4. The highest BCUT2D eigenvalue weighted by Gasteiger charge is 2.36. The molecule has 1 spiro atoms. The quantitative estimate of drug-likeness (QED) is 0.831. The lowest BCUT2D eigenvalue weighted by atomic mass is 9.98. The van der Waals surface area contributed by atoms with Crippen LogP contribution >= 0.6 is 23.2 Å². The standard InChI is InChI=1S/C15H15Cl2N3O/c1-8-11(9(2)13(17)10(3)12(8)16)14-19-15(21-20-14)6-4-5-7-18-15/h4-7,18H,1-3H3,(H,19,20)/t15-/m0/s1. The number of amidine groups is 1. The minimum absolute atomic E-state index is 0.612.